The number of amides is 1. The summed E-state index contributed by atoms with van der Waals surface area (Å²) in [6.45, 7) is 0.728. The lowest BCUT2D eigenvalue weighted by Crippen LogP contribution is -2.40. The lowest BCUT2D eigenvalue weighted by molar-refractivity contribution is 0.0789. The minimum Gasteiger partial charge on any atom is -0.497 e. The first-order valence-electron chi connectivity index (χ1n) is 7.59. The third-order valence-corrected chi connectivity index (χ3v) is 3.67. The topological polar surface area (TPSA) is 66.0 Å². The van der Waals surface area contributed by atoms with Crippen LogP contribution in [0, 0.1) is 0 Å². The van der Waals surface area contributed by atoms with E-state index in [-0.39, 0.29) is 12.0 Å². The fourth-order valence-corrected chi connectivity index (χ4v) is 2.41. The average molecular weight is 329 g/mol. The number of rotatable bonds is 5. The molecular weight excluding hydrogens is 310 g/mol. The number of carbonyl (C=O) groups is 1. The van der Waals surface area contributed by atoms with Crippen molar-refractivity contribution in [1.29, 1.82) is 0 Å². The van der Waals surface area contributed by atoms with Gasteiger partial charge in [-0.25, -0.2) is 0 Å². The van der Waals surface area contributed by atoms with E-state index >= 15 is 0 Å². The largest absolute Gasteiger partial charge is 0.497 e. The SMILES string of the molecule is COc1cc(OC)cc(C(=O)NC[C@@H]2COc3ccccc3O2)c1. The molecule has 2 aromatic rings. The molecule has 0 aromatic heterocycles. The summed E-state index contributed by atoms with van der Waals surface area (Å²) in [6.07, 6.45) is -0.239. The van der Waals surface area contributed by atoms with Crippen molar-refractivity contribution in [3.63, 3.8) is 0 Å². The predicted octanol–water partition coefficient (Wildman–Crippen LogP) is 2.27. The Bertz CT molecular complexity index is 709. The van der Waals surface area contributed by atoms with E-state index in [0.717, 1.165) is 5.75 Å². The van der Waals surface area contributed by atoms with Gasteiger partial charge in [-0.05, 0) is 24.3 Å². The van der Waals surface area contributed by atoms with Crippen molar-refractivity contribution in [2.24, 2.45) is 0 Å². The molecule has 0 bridgehead atoms. The first-order chi connectivity index (χ1) is 11.7. The first-order valence-corrected chi connectivity index (χ1v) is 7.59. The van der Waals surface area contributed by atoms with Crippen molar-refractivity contribution in [3.05, 3.63) is 48.0 Å². The van der Waals surface area contributed by atoms with Crippen molar-refractivity contribution in [2.75, 3.05) is 27.4 Å². The second kappa shape index (κ2) is 7.12. The van der Waals surface area contributed by atoms with Crippen LogP contribution < -0.4 is 24.3 Å². The van der Waals surface area contributed by atoms with Crippen LogP contribution in [0.5, 0.6) is 23.0 Å². The number of benzene rings is 2. The van der Waals surface area contributed by atoms with Gasteiger partial charge < -0.3 is 24.3 Å². The van der Waals surface area contributed by atoms with Gasteiger partial charge in [0, 0.05) is 11.6 Å². The third kappa shape index (κ3) is 3.53. The van der Waals surface area contributed by atoms with Crippen LogP contribution in [0.15, 0.2) is 42.5 Å². The lowest BCUT2D eigenvalue weighted by Gasteiger charge is -2.26. The maximum Gasteiger partial charge on any atom is 0.251 e. The van der Waals surface area contributed by atoms with Gasteiger partial charge in [0.25, 0.3) is 5.91 Å². The van der Waals surface area contributed by atoms with Gasteiger partial charge >= 0.3 is 0 Å². The van der Waals surface area contributed by atoms with Crippen molar-refractivity contribution in [1.82, 2.24) is 5.32 Å². The van der Waals surface area contributed by atoms with Crippen LogP contribution in [-0.4, -0.2) is 39.4 Å². The Morgan fingerprint density at radius 3 is 2.46 bits per heavy atom. The molecule has 1 aliphatic heterocycles. The van der Waals surface area contributed by atoms with E-state index in [1.165, 1.54) is 0 Å². The molecule has 3 rings (SSSR count). The number of hydrogen-bond donors (Lipinski definition) is 1. The Morgan fingerprint density at radius 1 is 1.12 bits per heavy atom. The van der Waals surface area contributed by atoms with Gasteiger partial charge in [0.1, 0.15) is 24.2 Å². The molecule has 0 fully saturated rings. The Morgan fingerprint density at radius 2 is 1.79 bits per heavy atom. The smallest absolute Gasteiger partial charge is 0.251 e. The fourth-order valence-electron chi connectivity index (χ4n) is 2.41. The molecule has 1 amide bonds. The summed E-state index contributed by atoms with van der Waals surface area (Å²) in [7, 11) is 3.09. The van der Waals surface area contributed by atoms with Gasteiger partial charge in [0.05, 0.1) is 20.8 Å². The molecule has 0 spiro atoms. The van der Waals surface area contributed by atoms with E-state index in [0.29, 0.717) is 36.0 Å². The van der Waals surface area contributed by atoms with Gasteiger partial charge in [0.2, 0.25) is 0 Å². The van der Waals surface area contributed by atoms with Crippen molar-refractivity contribution >= 4 is 5.91 Å². The first kappa shape index (κ1) is 16.0. The van der Waals surface area contributed by atoms with Crippen LogP contribution >= 0.6 is 0 Å². The molecule has 1 heterocycles. The van der Waals surface area contributed by atoms with E-state index in [9.17, 15) is 4.79 Å². The Labute approximate surface area is 140 Å². The molecule has 1 N–H and O–H groups in total. The summed E-state index contributed by atoms with van der Waals surface area (Å²) in [5.41, 5.74) is 0.461. The van der Waals surface area contributed by atoms with E-state index in [2.05, 4.69) is 5.32 Å². The summed E-state index contributed by atoms with van der Waals surface area (Å²) in [4.78, 5) is 12.4. The standard InChI is InChI=1S/C18H19NO5/c1-21-13-7-12(8-14(9-13)22-2)18(20)19-10-15-11-23-16-5-3-4-6-17(16)24-15/h3-9,15H,10-11H2,1-2H3,(H,19,20)/t15-/m1/s1. The molecule has 24 heavy (non-hydrogen) atoms. The van der Waals surface area contributed by atoms with E-state index in [4.69, 9.17) is 18.9 Å². The molecule has 6 nitrogen and oxygen atoms in total. The van der Waals surface area contributed by atoms with Crippen LogP contribution in [0.4, 0.5) is 0 Å². The van der Waals surface area contributed by atoms with Crippen molar-refractivity contribution in [3.8, 4) is 23.0 Å². The summed E-state index contributed by atoms with van der Waals surface area (Å²) < 4.78 is 21.8. The van der Waals surface area contributed by atoms with Gasteiger partial charge in [-0.1, -0.05) is 12.1 Å². The number of fused-ring (bicyclic) bond motifs is 1. The molecular formula is C18H19NO5. The van der Waals surface area contributed by atoms with Gasteiger partial charge in [-0.15, -0.1) is 0 Å². The number of para-hydroxylation sites is 2. The van der Waals surface area contributed by atoms with Crippen molar-refractivity contribution in [2.45, 2.75) is 6.10 Å². The average Bonchev–Trinajstić information content (AvgIpc) is 2.65. The zero-order valence-corrected chi connectivity index (χ0v) is 13.6. The molecule has 6 heteroatoms. The predicted molar refractivity (Wildman–Crippen MR) is 88.2 cm³/mol. The maximum atomic E-state index is 12.4. The summed E-state index contributed by atoms with van der Waals surface area (Å²) in [5, 5.41) is 2.85. The highest BCUT2D eigenvalue weighted by atomic mass is 16.6. The minimum atomic E-state index is -0.239. The molecule has 126 valence electrons. The highest BCUT2D eigenvalue weighted by Gasteiger charge is 2.21. The molecule has 0 radical (unpaired) electrons. The Hall–Kier alpha value is -2.89. The van der Waals surface area contributed by atoms with Crippen LogP contribution in [0.1, 0.15) is 10.4 Å². The molecule has 0 saturated heterocycles. The highest BCUT2D eigenvalue weighted by Crippen LogP contribution is 2.30. The van der Waals surface area contributed by atoms with E-state index in [1.54, 1.807) is 32.4 Å². The van der Waals surface area contributed by atoms with Crippen LogP contribution in [0.25, 0.3) is 0 Å². The maximum absolute atomic E-state index is 12.4. The normalized spacial score (nSPS) is 15.5. The number of hydrogen-bond acceptors (Lipinski definition) is 5. The molecule has 0 aliphatic carbocycles. The number of carbonyl (C=O) groups excluding carboxylic acids is 1. The Balaban J connectivity index is 1.62. The summed E-state index contributed by atoms with van der Waals surface area (Å²) >= 11 is 0. The molecule has 2 aromatic carbocycles. The van der Waals surface area contributed by atoms with Crippen LogP contribution in [0.3, 0.4) is 0 Å². The quantitative estimate of drug-likeness (QED) is 0.911. The van der Waals surface area contributed by atoms with E-state index < -0.39 is 0 Å². The zero-order chi connectivity index (χ0) is 16.9. The van der Waals surface area contributed by atoms with Crippen molar-refractivity contribution < 1.29 is 23.7 Å². The number of nitrogens with one attached hydrogen (secondary N) is 1. The van der Waals surface area contributed by atoms with Crippen LogP contribution in [-0.2, 0) is 0 Å². The third-order valence-electron chi connectivity index (χ3n) is 3.67. The molecule has 0 saturated carbocycles. The molecule has 0 unspecified atom stereocenters. The Kier molecular flexibility index (Phi) is 4.74. The second-order valence-corrected chi connectivity index (χ2v) is 5.31. The van der Waals surface area contributed by atoms with Gasteiger partial charge in [-0.2, -0.15) is 0 Å². The molecule has 1 aliphatic rings. The number of methoxy groups -OCH3 is 2. The highest BCUT2D eigenvalue weighted by molar-refractivity contribution is 5.95. The van der Waals surface area contributed by atoms with Crippen LogP contribution in [0.2, 0.25) is 0 Å². The monoisotopic (exact) mass is 329 g/mol. The lowest BCUT2D eigenvalue weighted by atomic mass is 10.2. The zero-order valence-electron chi connectivity index (χ0n) is 13.6. The van der Waals surface area contributed by atoms with E-state index in [1.807, 2.05) is 24.3 Å². The summed E-state index contributed by atoms with van der Waals surface area (Å²) in [6, 6.07) is 12.5. The second-order valence-electron chi connectivity index (χ2n) is 5.31. The molecule has 1 atom stereocenters. The number of ether oxygens (including phenoxy) is 4. The van der Waals surface area contributed by atoms with Gasteiger partial charge in [-0.3, -0.25) is 4.79 Å². The van der Waals surface area contributed by atoms with Gasteiger partial charge in [0.15, 0.2) is 11.5 Å². The summed E-state index contributed by atoms with van der Waals surface area (Å²) in [5.74, 6) is 2.30. The minimum absolute atomic E-state index is 0.227. The fraction of sp³-hybridized carbons (Fsp3) is 0.278.